The summed E-state index contributed by atoms with van der Waals surface area (Å²) in [5.41, 5.74) is 0. The molecule has 0 aliphatic rings. The molecule has 0 aromatic rings. The van der Waals surface area contributed by atoms with Crippen LogP contribution in [-0.4, -0.2) is 22.2 Å². The zero-order valence-electron chi connectivity index (χ0n) is 5.21. The Morgan fingerprint density at radius 1 is 1.12 bits per heavy atom. The molecule has 0 saturated heterocycles. The van der Waals surface area contributed by atoms with Gasteiger partial charge in [0.05, 0.1) is 0 Å². The Balaban J connectivity index is -0.0000000417. The van der Waals surface area contributed by atoms with Gasteiger partial charge < -0.3 is 11.6 Å². The van der Waals surface area contributed by atoms with Gasteiger partial charge >= 0.3 is 41.5 Å². The van der Waals surface area contributed by atoms with Crippen LogP contribution in [0.15, 0.2) is 0 Å². The number of carbonyl (C=O) groups is 2. The summed E-state index contributed by atoms with van der Waals surface area (Å²) < 4.78 is 0. The molecule has 0 heterocycles. The van der Waals surface area contributed by atoms with Crippen molar-refractivity contribution >= 4 is 11.9 Å². The van der Waals surface area contributed by atoms with E-state index in [1.165, 1.54) is 0 Å². The van der Waals surface area contributed by atoms with Crippen molar-refractivity contribution in [3.63, 3.8) is 0 Å². The summed E-state index contributed by atoms with van der Waals surface area (Å²) in [5.74, 6) is -3.65. The Morgan fingerprint density at radius 2 is 1.25 bits per heavy atom. The zero-order chi connectivity index (χ0) is 5.15. The molecule has 4 nitrogen and oxygen atoms in total. The third-order valence-electron chi connectivity index (χ3n) is 0.183. The first-order chi connectivity index (χ1) is 2.64. The molecular formula is C2H3NaO4Ti. The zero-order valence-corrected chi connectivity index (χ0v) is 7.77. The summed E-state index contributed by atoms with van der Waals surface area (Å²) in [5, 5.41) is 14.8. The summed E-state index contributed by atoms with van der Waals surface area (Å²) in [7, 11) is 0. The van der Waals surface area contributed by atoms with Gasteiger partial charge in [-0.1, -0.05) is 0 Å². The van der Waals surface area contributed by atoms with E-state index in [2.05, 4.69) is 0 Å². The second-order valence-corrected chi connectivity index (χ2v) is 0.610. The van der Waals surface area contributed by atoms with Gasteiger partial charge in [-0.25, -0.2) is 9.59 Å². The molecule has 2 N–H and O–H groups in total. The predicted molar refractivity (Wildman–Crippen MR) is 16.4 cm³/mol. The van der Waals surface area contributed by atoms with Crippen LogP contribution in [0, 0.1) is 0 Å². The monoisotopic (exact) mass is 162 g/mol. The van der Waals surface area contributed by atoms with E-state index in [0.717, 1.165) is 0 Å². The number of rotatable bonds is 0. The van der Waals surface area contributed by atoms with E-state index >= 15 is 0 Å². The molecule has 8 heavy (non-hydrogen) atoms. The van der Waals surface area contributed by atoms with Crippen LogP contribution in [0.3, 0.4) is 0 Å². The first-order valence-corrected chi connectivity index (χ1v) is 1.11. The fraction of sp³-hybridized carbons (Fsp3) is 0. The van der Waals surface area contributed by atoms with Crippen LogP contribution < -0.4 is 29.6 Å². The van der Waals surface area contributed by atoms with Gasteiger partial charge in [-0.3, -0.25) is 0 Å². The molecule has 0 amide bonds. The number of carboxylic acid groups (broad SMARTS) is 2. The number of carboxylic acids is 2. The minimum Gasteiger partial charge on any atom is -1.00 e. The van der Waals surface area contributed by atoms with Crippen molar-refractivity contribution in [1.29, 1.82) is 0 Å². The summed E-state index contributed by atoms with van der Waals surface area (Å²) >= 11 is 0. The molecule has 0 aromatic carbocycles. The maximum Gasteiger partial charge on any atom is 1.00 e. The van der Waals surface area contributed by atoms with Gasteiger partial charge in [0.1, 0.15) is 0 Å². The average Bonchev–Trinajstić information content (AvgIpc) is 1.36. The maximum absolute atomic E-state index is 9.10. The summed E-state index contributed by atoms with van der Waals surface area (Å²) in [4.78, 5) is 18.2. The van der Waals surface area contributed by atoms with E-state index in [1.807, 2.05) is 0 Å². The molecule has 6 heteroatoms. The van der Waals surface area contributed by atoms with Crippen LogP contribution in [0.5, 0.6) is 0 Å². The van der Waals surface area contributed by atoms with E-state index < -0.39 is 11.9 Å². The smallest absolute Gasteiger partial charge is 1.00 e. The summed E-state index contributed by atoms with van der Waals surface area (Å²) in [6.07, 6.45) is 0. The molecule has 0 aliphatic carbocycles. The topological polar surface area (TPSA) is 74.6 Å². The van der Waals surface area contributed by atoms with Crippen LogP contribution in [0.2, 0.25) is 0 Å². The number of hydrogen-bond acceptors (Lipinski definition) is 2. The minimum absolute atomic E-state index is 0. The summed E-state index contributed by atoms with van der Waals surface area (Å²) in [6.45, 7) is 0. The second kappa shape index (κ2) is 7.65. The largest absolute Gasteiger partial charge is 1.00 e. The Bertz CT molecular complexity index is 84.6. The van der Waals surface area contributed by atoms with Crippen molar-refractivity contribution in [3.8, 4) is 0 Å². The second-order valence-electron chi connectivity index (χ2n) is 0.610. The Labute approximate surface area is 83.9 Å². The minimum atomic E-state index is -1.82. The van der Waals surface area contributed by atoms with Crippen LogP contribution in [0.1, 0.15) is 1.43 Å². The van der Waals surface area contributed by atoms with Gasteiger partial charge in [0, 0.05) is 21.7 Å². The van der Waals surface area contributed by atoms with Crippen LogP contribution >= 0.6 is 0 Å². The maximum atomic E-state index is 9.10. The SMILES string of the molecule is O=C(O)C(=O)O.[H-].[Na+].[Ti]. The van der Waals surface area contributed by atoms with E-state index in [0.29, 0.717) is 0 Å². The molecule has 0 aromatic heterocycles. The van der Waals surface area contributed by atoms with Crippen molar-refractivity contribution in [3.05, 3.63) is 0 Å². The third-order valence-corrected chi connectivity index (χ3v) is 0.183. The van der Waals surface area contributed by atoms with Gasteiger partial charge in [-0.2, -0.15) is 0 Å². The molecule has 0 saturated carbocycles. The molecule has 0 bridgehead atoms. The van der Waals surface area contributed by atoms with Gasteiger partial charge in [0.15, 0.2) is 0 Å². The van der Waals surface area contributed by atoms with Crippen LogP contribution in [0.4, 0.5) is 0 Å². The van der Waals surface area contributed by atoms with Crippen molar-refractivity contribution in [2.75, 3.05) is 0 Å². The first kappa shape index (κ1) is 15.9. The fourth-order valence-electron chi connectivity index (χ4n) is 0. The van der Waals surface area contributed by atoms with Gasteiger partial charge in [0.2, 0.25) is 0 Å². The molecule has 0 unspecified atom stereocenters. The van der Waals surface area contributed by atoms with Gasteiger partial charge in [-0.15, -0.1) is 0 Å². The van der Waals surface area contributed by atoms with E-state index in [1.54, 1.807) is 0 Å². The normalized spacial score (nSPS) is 5.50. The van der Waals surface area contributed by atoms with Crippen molar-refractivity contribution < 1.29 is 72.5 Å². The van der Waals surface area contributed by atoms with E-state index in [4.69, 9.17) is 19.8 Å². The summed E-state index contributed by atoms with van der Waals surface area (Å²) in [6, 6.07) is 0. The Kier molecular flexibility index (Phi) is 15.2. The van der Waals surface area contributed by atoms with Crippen LogP contribution in [-0.2, 0) is 31.3 Å². The number of hydrogen-bond donors (Lipinski definition) is 2. The molecular weight excluding hydrogens is 159 g/mol. The Hall–Kier alpha value is 0.654. The third kappa shape index (κ3) is 9.82. The van der Waals surface area contributed by atoms with E-state index in [-0.39, 0.29) is 52.7 Å². The quantitative estimate of drug-likeness (QED) is 0.283. The molecule has 0 radical (unpaired) electrons. The van der Waals surface area contributed by atoms with Crippen molar-refractivity contribution in [2.45, 2.75) is 0 Å². The van der Waals surface area contributed by atoms with Crippen LogP contribution in [0.25, 0.3) is 0 Å². The first-order valence-electron chi connectivity index (χ1n) is 1.11. The predicted octanol–water partition coefficient (Wildman–Crippen LogP) is -3.73. The molecule has 0 atom stereocenters. The standard InChI is InChI=1S/C2H2O4.Na.Ti.H/c3-1(4)2(5)6;;;/h(H,3,4)(H,5,6);;;/q;+1;;-1. The average molecular weight is 162 g/mol. The molecule has 0 spiro atoms. The molecule has 0 aliphatic heterocycles. The molecule has 40 valence electrons. The fourth-order valence-corrected chi connectivity index (χ4v) is 0. The molecule has 0 fully saturated rings. The van der Waals surface area contributed by atoms with Gasteiger partial charge in [0.25, 0.3) is 0 Å². The van der Waals surface area contributed by atoms with Crippen molar-refractivity contribution in [2.24, 2.45) is 0 Å². The number of aliphatic carboxylic acids is 2. The Morgan fingerprint density at radius 3 is 1.25 bits per heavy atom. The van der Waals surface area contributed by atoms with Crippen molar-refractivity contribution in [1.82, 2.24) is 0 Å². The van der Waals surface area contributed by atoms with Gasteiger partial charge in [-0.05, 0) is 0 Å². The molecule has 0 rings (SSSR count). The van der Waals surface area contributed by atoms with E-state index in [9.17, 15) is 0 Å².